The smallest absolute Gasteiger partial charge is 0.319 e. The van der Waals surface area contributed by atoms with Crippen molar-refractivity contribution in [3.8, 4) is 6.07 Å². The number of Topliss-reactive ketones (excluding diaryl/α,β-unsaturated/α-hetero) is 1. The summed E-state index contributed by atoms with van der Waals surface area (Å²) in [6, 6.07) is 4.42. The van der Waals surface area contributed by atoms with E-state index < -0.39 is 16.3 Å². The third-order valence-corrected chi connectivity index (χ3v) is 5.28. The van der Waals surface area contributed by atoms with Crippen molar-refractivity contribution < 1.29 is 19.2 Å². The lowest BCUT2D eigenvalue weighted by molar-refractivity contribution is -0.385. The summed E-state index contributed by atoms with van der Waals surface area (Å²) in [4.78, 5) is 35.5. The van der Waals surface area contributed by atoms with Crippen molar-refractivity contribution in [2.24, 2.45) is 5.41 Å². The molecule has 0 aliphatic heterocycles. The molecular formula is C19H19ClN2O5. The van der Waals surface area contributed by atoms with E-state index in [2.05, 4.69) is 6.58 Å². The molecule has 8 heteroatoms. The van der Waals surface area contributed by atoms with Gasteiger partial charge in [-0.3, -0.25) is 19.7 Å². The van der Waals surface area contributed by atoms with Gasteiger partial charge in [0, 0.05) is 12.5 Å². The fraction of sp³-hybridized carbons (Fsp3) is 0.421. The fourth-order valence-corrected chi connectivity index (χ4v) is 3.65. The van der Waals surface area contributed by atoms with Crippen LogP contribution in [0.4, 0.5) is 5.69 Å². The molecule has 0 aromatic heterocycles. The van der Waals surface area contributed by atoms with E-state index in [1.165, 1.54) is 18.2 Å². The van der Waals surface area contributed by atoms with E-state index in [1.54, 1.807) is 6.07 Å². The van der Waals surface area contributed by atoms with Gasteiger partial charge < -0.3 is 4.74 Å². The molecule has 1 unspecified atom stereocenters. The Morgan fingerprint density at radius 2 is 2.22 bits per heavy atom. The molecule has 1 fully saturated rings. The molecule has 2 rings (SSSR count). The fourth-order valence-electron chi connectivity index (χ4n) is 3.35. The van der Waals surface area contributed by atoms with Crippen molar-refractivity contribution in [1.82, 2.24) is 0 Å². The summed E-state index contributed by atoms with van der Waals surface area (Å²) in [5.41, 5.74) is -1.37. The summed E-state index contributed by atoms with van der Waals surface area (Å²) >= 11 is 6.18. The summed E-state index contributed by atoms with van der Waals surface area (Å²) in [6.45, 7) is 3.52. The molecular weight excluding hydrogens is 372 g/mol. The average Bonchev–Trinajstić information content (AvgIpc) is 2.65. The molecule has 1 aliphatic carbocycles. The molecule has 1 aliphatic rings. The van der Waals surface area contributed by atoms with Crippen LogP contribution in [0.5, 0.6) is 0 Å². The number of ether oxygens (including phenoxy) is 1. The Kier molecular flexibility index (Phi) is 6.70. The van der Waals surface area contributed by atoms with Gasteiger partial charge in [-0.2, -0.15) is 5.26 Å². The third kappa shape index (κ3) is 4.17. The SMILES string of the molecule is C=CCOC(=O)C1(CCc2ccc([N+](=O)[O-])c(C#N)c2Cl)CCCCC1=O. The van der Waals surface area contributed by atoms with Gasteiger partial charge in [0.05, 0.1) is 9.95 Å². The van der Waals surface area contributed by atoms with E-state index in [-0.39, 0.29) is 41.5 Å². The van der Waals surface area contributed by atoms with E-state index in [9.17, 15) is 25.0 Å². The summed E-state index contributed by atoms with van der Waals surface area (Å²) in [7, 11) is 0. The van der Waals surface area contributed by atoms with Crippen LogP contribution >= 0.6 is 11.6 Å². The number of hydrogen-bond acceptors (Lipinski definition) is 6. The van der Waals surface area contributed by atoms with E-state index in [0.29, 0.717) is 18.4 Å². The average molecular weight is 391 g/mol. The molecule has 0 N–H and O–H groups in total. The highest BCUT2D eigenvalue weighted by Crippen LogP contribution is 2.40. The molecule has 0 bridgehead atoms. The van der Waals surface area contributed by atoms with Crippen molar-refractivity contribution >= 4 is 29.0 Å². The van der Waals surface area contributed by atoms with Gasteiger partial charge in [-0.05, 0) is 31.2 Å². The van der Waals surface area contributed by atoms with Gasteiger partial charge in [-0.1, -0.05) is 36.7 Å². The predicted octanol–water partition coefficient (Wildman–Crippen LogP) is 3.91. The molecule has 142 valence electrons. The van der Waals surface area contributed by atoms with Gasteiger partial charge in [0.2, 0.25) is 0 Å². The zero-order valence-corrected chi connectivity index (χ0v) is 15.5. The Bertz CT molecular complexity index is 830. The second-order valence-electron chi connectivity index (χ2n) is 6.40. The van der Waals surface area contributed by atoms with E-state index in [4.69, 9.17) is 16.3 Å². The van der Waals surface area contributed by atoms with Gasteiger partial charge in [-0.25, -0.2) is 0 Å². The molecule has 7 nitrogen and oxygen atoms in total. The maximum Gasteiger partial charge on any atom is 0.319 e. The molecule has 0 saturated heterocycles. The van der Waals surface area contributed by atoms with Crippen LogP contribution in [0.15, 0.2) is 24.8 Å². The highest BCUT2D eigenvalue weighted by Gasteiger charge is 2.47. The quantitative estimate of drug-likeness (QED) is 0.229. The van der Waals surface area contributed by atoms with Gasteiger partial charge in [0.1, 0.15) is 29.4 Å². The van der Waals surface area contributed by atoms with Crippen LogP contribution in [0, 0.1) is 26.9 Å². The number of rotatable bonds is 7. The third-order valence-electron chi connectivity index (χ3n) is 4.84. The Labute approximate surface area is 161 Å². The van der Waals surface area contributed by atoms with Crippen LogP contribution in [0.25, 0.3) is 0 Å². The zero-order chi connectivity index (χ0) is 20.0. The summed E-state index contributed by atoms with van der Waals surface area (Å²) in [5.74, 6) is -0.744. The zero-order valence-electron chi connectivity index (χ0n) is 14.7. The van der Waals surface area contributed by atoms with E-state index in [1.807, 2.05) is 0 Å². The first kappa shape index (κ1) is 20.6. The summed E-state index contributed by atoms with van der Waals surface area (Å²) in [6.07, 6.45) is 3.98. The second-order valence-corrected chi connectivity index (χ2v) is 6.78. The molecule has 0 heterocycles. The molecule has 0 radical (unpaired) electrons. The van der Waals surface area contributed by atoms with Crippen molar-refractivity contribution in [3.05, 3.63) is 51.1 Å². The first-order valence-electron chi connectivity index (χ1n) is 8.54. The molecule has 0 amide bonds. The first-order valence-corrected chi connectivity index (χ1v) is 8.92. The number of nitriles is 1. The normalized spacial score (nSPS) is 19.2. The van der Waals surface area contributed by atoms with Gasteiger partial charge in [0.25, 0.3) is 5.69 Å². The summed E-state index contributed by atoms with van der Waals surface area (Å²) < 4.78 is 5.17. The van der Waals surface area contributed by atoms with Gasteiger partial charge >= 0.3 is 5.97 Å². The Morgan fingerprint density at radius 1 is 1.48 bits per heavy atom. The Balaban J connectivity index is 2.31. The molecule has 1 aromatic rings. The van der Waals surface area contributed by atoms with Crippen LogP contribution < -0.4 is 0 Å². The number of nitro benzene ring substituents is 1. The van der Waals surface area contributed by atoms with Crippen LogP contribution in [0.2, 0.25) is 5.02 Å². The van der Waals surface area contributed by atoms with Crippen molar-refractivity contribution in [1.29, 1.82) is 5.26 Å². The number of nitro groups is 1. The Morgan fingerprint density at radius 3 is 2.81 bits per heavy atom. The number of ketones is 1. The maximum atomic E-state index is 12.6. The van der Waals surface area contributed by atoms with Gasteiger partial charge in [0.15, 0.2) is 0 Å². The highest BCUT2D eigenvalue weighted by molar-refractivity contribution is 6.32. The number of benzene rings is 1. The molecule has 0 spiro atoms. The standard InChI is InChI=1S/C19H19ClN2O5/c1-2-11-27-18(24)19(9-4-3-5-16(19)23)10-8-13-6-7-15(22(25)26)14(12-21)17(13)20/h2,6-7H,1,3-5,8-11H2. The number of carbonyl (C=O) groups excluding carboxylic acids is 2. The first-order chi connectivity index (χ1) is 12.9. The molecule has 1 saturated carbocycles. The lowest BCUT2D eigenvalue weighted by Gasteiger charge is -2.33. The van der Waals surface area contributed by atoms with Crippen LogP contribution in [0.3, 0.4) is 0 Å². The molecule has 27 heavy (non-hydrogen) atoms. The monoisotopic (exact) mass is 390 g/mol. The number of hydrogen-bond donors (Lipinski definition) is 0. The minimum Gasteiger partial charge on any atom is -0.461 e. The van der Waals surface area contributed by atoms with Crippen molar-refractivity contribution in [2.45, 2.75) is 38.5 Å². The van der Waals surface area contributed by atoms with Crippen molar-refractivity contribution in [2.75, 3.05) is 6.61 Å². The minimum absolute atomic E-state index is 0.0186. The van der Waals surface area contributed by atoms with Crippen LogP contribution in [0.1, 0.15) is 43.2 Å². The number of esters is 1. The lowest BCUT2D eigenvalue weighted by Crippen LogP contribution is -2.43. The van der Waals surface area contributed by atoms with Crippen LogP contribution in [-0.4, -0.2) is 23.3 Å². The number of aryl methyl sites for hydroxylation is 1. The van der Waals surface area contributed by atoms with E-state index >= 15 is 0 Å². The predicted molar refractivity (Wildman–Crippen MR) is 98.2 cm³/mol. The van der Waals surface area contributed by atoms with Crippen LogP contribution in [-0.2, 0) is 20.7 Å². The minimum atomic E-state index is -1.25. The maximum absolute atomic E-state index is 12.6. The number of halogens is 1. The number of carbonyl (C=O) groups is 2. The second kappa shape index (κ2) is 8.78. The molecule has 1 atom stereocenters. The molecule has 1 aromatic carbocycles. The van der Waals surface area contributed by atoms with E-state index in [0.717, 1.165) is 12.8 Å². The van der Waals surface area contributed by atoms with Crippen molar-refractivity contribution in [3.63, 3.8) is 0 Å². The summed E-state index contributed by atoms with van der Waals surface area (Å²) in [5, 5.41) is 20.2. The Hall–Kier alpha value is -2.72. The number of nitrogens with zero attached hydrogens (tertiary/aromatic N) is 2. The topological polar surface area (TPSA) is 110 Å². The van der Waals surface area contributed by atoms with Gasteiger partial charge in [-0.15, -0.1) is 0 Å². The largest absolute Gasteiger partial charge is 0.461 e. The lowest BCUT2D eigenvalue weighted by atomic mass is 9.69. The highest BCUT2D eigenvalue weighted by atomic mass is 35.5.